The molecule has 0 amide bonds. The Kier molecular flexibility index (Phi) is 5.78. The molecule has 0 saturated heterocycles. The number of pyridine rings is 1. The fourth-order valence-electron chi connectivity index (χ4n) is 4.98. The van der Waals surface area contributed by atoms with E-state index in [2.05, 4.69) is 28.1 Å². The van der Waals surface area contributed by atoms with Crippen molar-refractivity contribution in [1.29, 1.82) is 0 Å². The van der Waals surface area contributed by atoms with Crippen LogP contribution in [0.15, 0.2) is 46.6 Å². The van der Waals surface area contributed by atoms with Crippen LogP contribution in [0.3, 0.4) is 0 Å². The van der Waals surface area contributed by atoms with Gasteiger partial charge in [0, 0.05) is 25.4 Å². The van der Waals surface area contributed by atoms with E-state index < -0.39 is 6.10 Å². The van der Waals surface area contributed by atoms with Crippen LogP contribution in [0, 0.1) is 0 Å². The second-order valence-electron chi connectivity index (χ2n) is 8.74. The Labute approximate surface area is 192 Å². The first kappa shape index (κ1) is 21.2. The maximum atomic E-state index is 13.6. The first-order valence-corrected chi connectivity index (χ1v) is 12.4. The second kappa shape index (κ2) is 8.71. The maximum absolute atomic E-state index is 13.6. The lowest BCUT2D eigenvalue weighted by Crippen LogP contribution is -2.35. The standard InChI is InChI=1S/C25H28N4O2S/c1-28-11-5-6-18-17(12-16-9-10-22(32-2)26-14-16)13-19-23(24(18)28)27-15-29(25(19)31)20-7-3-4-8-21(20)30/h5-6,9-10,13-15,20-21,30H,3-4,7-8,11-12H2,1-2H3. The van der Waals surface area contributed by atoms with Crippen LogP contribution >= 0.6 is 11.8 Å². The molecule has 166 valence electrons. The molecule has 1 aromatic carbocycles. The molecular formula is C25H28N4O2S. The van der Waals surface area contributed by atoms with E-state index >= 15 is 0 Å². The lowest BCUT2D eigenvalue weighted by molar-refractivity contribution is 0.0735. The van der Waals surface area contributed by atoms with Gasteiger partial charge < -0.3 is 10.0 Å². The minimum absolute atomic E-state index is 0.0659. The Morgan fingerprint density at radius 1 is 1.22 bits per heavy atom. The first-order chi connectivity index (χ1) is 15.6. The summed E-state index contributed by atoms with van der Waals surface area (Å²) in [4.78, 5) is 25.0. The molecule has 0 spiro atoms. The number of hydrogen-bond acceptors (Lipinski definition) is 6. The van der Waals surface area contributed by atoms with E-state index in [9.17, 15) is 9.90 Å². The van der Waals surface area contributed by atoms with Crippen molar-refractivity contribution in [1.82, 2.24) is 14.5 Å². The summed E-state index contributed by atoms with van der Waals surface area (Å²) in [5.41, 5.74) is 4.99. The Hall–Kier alpha value is -2.64. The lowest BCUT2D eigenvalue weighted by atomic mass is 9.92. The van der Waals surface area contributed by atoms with E-state index in [1.165, 1.54) is 0 Å². The number of benzene rings is 1. The van der Waals surface area contributed by atoms with Crippen molar-refractivity contribution in [3.8, 4) is 0 Å². The smallest absolute Gasteiger partial charge is 0.261 e. The Morgan fingerprint density at radius 3 is 2.81 bits per heavy atom. The number of hydrogen-bond donors (Lipinski definition) is 1. The van der Waals surface area contributed by atoms with Crippen LogP contribution in [0.4, 0.5) is 5.69 Å². The van der Waals surface area contributed by atoms with Gasteiger partial charge in [0.25, 0.3) is 5.56 Å². The summed E-state index contributed by atoms with van der Waals surface area (Å²) < 4.78 is 1.66. The van der Waals surface area contributed by atoms with Crippen molar-refractivity contribution in [3.63, 3.8) is 0 Å². The molecule has 1 N–H and O–H groups in total. The molecule has 5 rings (SSSR count). The molecule has 2 aliphatic rings. The number of aliphatic hydroxyl groups is 1. The predicted molar refractivity (Wildman–Crippen MR) is 131 cm³/mol. The summed E-state index contributed by atoms with van der Waals surface area (Å²) in [6, 6.07) is 5.94. The molecule has 6 nitrogen and oxygen atoms in total. The van der Waals surface area contributed by atoms with Crippen molar-refractivity contribution in [2.75, 3.05) is 24.7 Å². The number of nitrogens with zero attached hydrogens (tertiary/aromatic N) is 4. The van der Waals surface area contributed by atoms with E-state index in [1.54, 1.807) is 22.7 Å². The van der Waals surface area contributed by atoms with Crippen molar-refractivity contribution >= 4 is 34.4 Å². The monoisotopic (exact) mass is 448 g/mol. The summed E-state index contributed by atoms with van der Waals surface area (Å²) in [6.07, 6.45) is 13.6. The largest absolute Gasteiger partial charge is 0.391 e. The van der Waals surface area contributed by atoms with Gasteiger partial charge in [-0.1, -0.05) is 31.1 Å². The topological polar surface area (TPSA) is 71.2 Å². The molecule has 3 heterocycles. The van der Waals surface area contributed by atoms with Gasteiger partial charge in [-0.3, -0.25) is 9.36 Å². The highest BCUT2D eigenvalue weighted by atomic mass is 32.2. The van der Waals surface area contributed by atoms with Crippen LogP contribution in [0.2, 0.25) is 0 Å². The van der Waals surface area contributed by atoms with Crippen LogP contribution in [0.5, 0.6) is 0 Å². The Balaban J connectivity index is 1.66. The highest BCUT2D eigenvalue weighted by Gasteiger charge is 2.27. The van der Waals surface area contributed by atoms with Crippen LogP contribution in [0.1, 0.15) is 48.4 Å². The molecule has 0 bridgehead atoms. The summed E-state index contributed by atoms with van der Waals surface area (Å²) in [7, 11) is 2.04. The molecule has 2 unspecified atom stereocenters. The van der Waals surface area contributed by atoms with Gasteiger partial charge in [-0.2, -0.15) is 0 Å². The third kappa shape index (κ3) is 3.73. The average Bonchev–Trinajstić information content (AvgIpc) is 2.81. The van der Waals surface area contributed by atoms with Gasteiger partial charge in [0.2, 0.25) is 0 Å². The Bertz CT molecular complexity index is 1240. The lowest BCUT2D eigenvalue weighted by Gasteiger charge is -2.30. The van der Waals surface area contributed by atoms with Gasteiger partial charge in [-0.05, 0) is 48.8 Å². The number of thioether (sulfide) groups is 1. The number of likely N-dealkylation sites (N-methyl/N-ethyl adjacent to an activating group) is 1. The molecule has 3 aromatic rings. The van der Waals surface area contributed by atoms with Crippen LogP contribution in [-0.2, 0) is 6.42 Å². The van der Waals surface area contributed by atoms with Crippen molar-refractivity contribution < 1.29 is 5.11 Å². The van der Waals surface area contributed by atoms with Gasteiger partial charge in [0.1, 0.15) is 5.52 Å². The fourth-order valence-corrected chi connectivity index (χ4v) is 5.34. The van der Waals surface area contributed by atoms with Crippen molar-refractivity contribution in [2.24, 2.45) is 0 Å². The molecule has 1 fully saturated rings. The Morgan fingerprint density at radius 2 is 2.06 bits per heavy atom. The predicted octanol–water partition coefficient (Wildman–Crippen LogP) is 4.04. The van der Waals surface area contributed by atoms with E-state index in [0.717, 1.165) is 65.1 Å². The quantitative estimate of drug-likeness (QED) is 0.608. The highest BCUT2D eigenvalue weighted by Crippen LogP contribution is 2.36. The maximum Gasteiger partial charge on any atom is 0.261 e. The SMILES string of the molecule is CSc1ccc(Cc2cc3c(=O)n(C4CCCCC4O)cnc3c3c2C=CCN3C)cn1. The van der Waals surface area contributed by atoms with Gasteiger partial charge in [0.05, 0.1) is 34.6 Å². The minimum atomic E-state index is -0.496. The summed E-state index contributed by atoms with van der Waals surface area (Å²) in [5.74, 6) is 0. The molecule has 7 heteroatoms. The highest BCUT2D eigenvalue weighted by molar-refractivity contribution is 7.98. The van der Waals surface area contributed by atoms with Gasteiger partial charge in [-0.25, -0.2) is 9.97 Å². The molecule has 2 aromatic heterocycles. The molecule has 1 saturated carbocycles. The van der Waals surface area contributed by atoms with Crippen LogP contribution < -0.4 is 10.5 Å². The molecule has 2 atom stereocenters. The summed E-state index contributed by atoms with van der Waals surface area (Å²) in [6.45, 7) is 0.779. The van der Waals surface area contributed by atoms with Crippen molar-refractivity contribution in [2.45, 2.75) is 49.3 Å². The third-order valence-corrected chi connectivity index (χ3v) is 7.33. The van der Waals surface area contributed by atoms with E-state index in [4.69, 9.17) is 4.98 Å². The molecular weight excluding hydrogens is 420 g/mol. The van der Waals surface area contributed by atoms with Gasteiger partial charge >= 0.3 is 0 Å². The molecule has 32 heavy (non-hydrogen) atoms. The zero-order valence-corrected chi connectivity index (χ0v) is 19.3. The zero-order chi connectivity index (χ0) is 22.2. The second-order valence-corrected chi connectivity index (χ2v) is 9.57. The van der Waals surface area contributed by atoms with Crippen molar-refractivity contribution in [3.05, 3.63) is 63.8 Å². The van der Waals surface area contributed by atoms with E-state index in [0.29, 0.717) is 11.8 Å². The molecule has 1 aliphatic heterocycles. The van der Waals surface area contributed by atoms with Crippen LogP contribution in [0.25, 0.3) is 17.0 Å². The third-order valence-electron chi connectivity index (χ3n) is 6.67. The fraction of sp³-hybridized carbons (Fsp3) is 0.400. The van der Waals surface area contributed by atoms with E-state index in [1.807, 2.05) is 31.6 Å². The average molecular weight is 449 g/mol. The summed E-state index contributed by atoms with van der Waals surface area (Å²) in [5, 5.41) is 12.1. The van der Waals surface area contributed by atoms with Gasteiger partial charge in [-0.15, -0.1) is 11.8 Å². The number of rotatable bonds is 4. The number of aromatic nitrogens is 3. The summed E-state index contributed by atoms with van der Waals surface area (Å²) >= 11 is 1.62. The normalized spacial score (nSPS) is 20.5. The molecule has 1 aliphatic carbocycles. The van der Waals surface area contributed by atoms with E-state index in [-0.39, 0.29) is 11.6 Å². The number of aliphatic hydroxyl groups excluding tert-OH is 1. The molecule has 0 radical (unpaired) electrons. The first-order valence-electron chi connectivity index (χ1n) is 11.2. The number of fused-ring (bicyclic) bond motifs is 3. The van der Waals surface area contributed by atoms with Crippen LogP contribution in [-0.4, -0.2) is 45.6 Å². The van der Waals surface area contributed by atoms with Gasteiger partial charge in [0.15, 0.2) is 0 Å². The number of anilines is 1. The minimum Gasteiger partial charge on any atom is -0.391 e. The zero-order valence-electron chi connectivity index (χ0n) is 18.5.